The summed E-state index contributed by atoms with van der Waals surface area (Å²) in [5.41, 5.74) is 4.02. The van der Waals surface area contributed by atoms with Crippen molar-refractivity contribution in [2.45, 2.75) is 69.1 Å². The standard InChI is InChI=1S/C26H31NS/c1-19-2-4-20(5-3-19)21-6-8-22(9-7-21)23-10-12-24(13-11-23)25-14-16-26(17-15-25)28-18-27/h10-17,19-22H,2-9H2,1H3. The molecule has 0 spiro atoms. The summed E-state index contributed by atoms with van der Waals surface area (Å²) in [6.07, 6.45) is 11.5. The molecule has 2 aliphatic carbocycles. The van der Waals surface area contributed by atoms with Crippen molar-refractivity contribution in [1.29, 1.82) is 5.26 Å². The van der Waals surface area contributed by atoms with Crippen molar-refractivity contribution >= 4 is 11.8 Å². The van der Waals surface area contributed by atoms with Crippen LogP contribution in [0.1, 0.15) is 69.8 Å². The highest BCUT2D eigenvalue weighted by Crippen LogP contribution is 2.44. The van der Waals surface area contributed by atoms with Gasteiger partial charge in [-0.3, -0.25) is 0 Å². The van der Waals surface area contributed by atoms with Crippen LogP contribution in [-0.4, -0.2) is 0 Å². The highest BCUT2D eigenvalue weighted by atomic mass is 32.2. The molecule has 2 saturated carbocycles. The summed E-state index contributed by atoms with van der Waals surface area (Å²) in [4.78, 5) is 1.01. The summed E-state index contributed by atoms with van der Waals surface area (Å²) in [5, 5.41) is 10.9. The van der Waals surface area contributed by atoms with Gasteiger partial charge in [0.05, 0.1) is 0 Å². The third kappa shape index (κ3) is 4.64. The van der Waals surface area contributed by atoms with Crippen LogP contribution < -0.4 is 0 Å². The molecule has 0 atom stereocenters. The van der Waals surface area contributed by atoms with E-state index in [9.17, 15) is 0 Å². The van der Waals surface area contributed by atoms with Gasteiger partial charge < -0.3 is 0 Å². The molecule has 2 fully saturated rings. The molecule has 146 valence electrons. The van der Waals surface area contributed by atoms with Gasteiger partial charge in [0, 0.05) is 4.90 Å². The Morgan fingerprint density at radius 2 is 1.21 bits per heavy atom. The molecular formula is C26H31NS. The molecular weight excluding hydrogens is 358 g/mol. The van der Waals surface area contributed by atoms with Crippen molar-refractivity contribution < 1.29 is 0 Å². The minimum absolute atomic E-state index is 0.752. The summed E-state index contributed by atoms with van der Waals surface area (Å²) in [6, 6.07) is 17.5. The summed E-state index contributed by atoms with van der Waals surface area (Å²) in [7, 11) is 0. The van der Waals surface area contributed by atoms with Gasteiger partial charge in [-0.05, 0) is 103 Å². The van der Waals surface area contributed by atoms with Gasteiger partial charge in [-0.15, -0.1) is 0 Å². The van der Waals surface area contributed by atoms with E-state index in [0.717, 1.165) is 28.6 Å². The van der Waals surface area contributed by atoms with E-state index in [1.165, 1.54) is 79.8 Å². The summed E-state index contributed by atoms with van der Waals surface area (Å²) in [6.45, 7) is 2.43. The molecule has 2 aromatic rings. The van der Waals surface area contributed by atoms with E-state index in [0.29, 0.717) is 0 Å². The lowest BCUT2D eigenvalue weighted by molar-refractivity contribution is 0.165. The number of thioether (sulfide) groups is 1. The van der Waals surface area contributed by atoms with Crippen molar-refractivity contribution in [3.8, 4) is 16.5 Å². The molecule has 28 heavy (non-hydrogen) atoms. The molecule has 0 aliphatic heterocycles. The topological polar surface area (TPSA) is 23.8 Å². The maximum absolute atomic E-state index is 8.77. The average molecular weight is 390 g/mol. The van der Waals surface area contributed by atoms with Crippen molar-refractivity contribution in [3.63, 3.8) is 0 Å². The maximum Gasteiger partial charge on any atom is 0.138 e. The summed E-state index contributed by atoms with van der Waals surface area (Å²) >= 11 is 1.22. The lowest BCUT2D eigenvalue weighted by Crippen LogP contribution is -2.24. The Balaban J connectivity index is 1.34. The fraction of sp³-hybridized carbons (Fsp3) is 0.500. The van der Waals surface area contributed by atoms with E-state index in [2.05, 4.69) is 48.7 Å². The highest BCUT2D eigenvalue weighted by molar-refractivity contribution is 8.03. The predicted molar refractivity (Wildman–Crippen MR) is 119 cm³/mol. The molecule has 0 saturated heterocycles. The third-order valence-corrected chi connectivity index (χ3v) is 7.83. The van der Waals surface area contributed by atoms with E-state index in [1.54, 1.807) is 0 Å². The minimum atomic E-state index is 0.752. The van der Waals surface area contributed by atoms with Gasteiger partial charge in [0.25, 0.3) is 0 Å². The first-order chi connectivity index (χ1) is 13.7. The van der Waals surface area contributed by atoms with Gasteiger partial charge in [0.1, 0.15) is 5.40 Å². The van der Waals surface area contributed by atoms with Crippen LogP contribution in [0.5, 0.6) is 0 Å². The number of nitriles is 1. The smallest absolute Gasteiger partial charge is 0.138 e. The van der Waals surface area contributed by atoms with Crippen molar-refractivity contribution in [3.05, 3.63) is 54.1 Å². The Morgan fingerprint density at radius 1 is 0.714 bits per heavy atom. The second-order valence-electron chi connectivity index (χ2n) is 8.97. The number of benzene rings is 2. The number of hydrogen-bond acceptors (Lipinski definition) is 2. The SMILES string of the molecule is CC1CCC(C2CCC(c3ccc(-c4ccc(SC#N)cc4)cc3)CC2)CC1. The van der Waals surface area contributed by atoms with Crippen molar-refractivity contribution in [2.75, 3.05) is 0 Å². The molecule has 4 rings (SSSR count). The molecule has 0 N–H and O–H groups in total. The Kier molecular flexibility index (Phi) is 6.43. The third-order valence-electron chi connectivity index (χ3n) is 7.23. The van der Waals surface area contributed by atoms with Crippen LogP contribution in [0.15, 0.2) is 53.4 Å². The second kappa shape index (κ2) is 9.19. The van der Waals surface area contributed by atoms with Crippen molar-refractivity contribution in [1.82, 2.24) is 0 Å². The normalized spacial score (nSPS) is 27.9. The lowest BCUT2D eigenvalue weighted by atomic mass is 9.68. The van der Waals surface area contributed by atoms with Crippen LogP contribution in [0.4, 0.5) is 0 Å². The molecule has 0 amide bonds. The molecule has 2 aromatic carbocycles. The van der Waals surface area contributed by atoms with Crippen LogP contribution in [0.25, 0.3) is 11.1 Å². The lowest BCUT2D eigenvalue weighted by Gasteiger charge is -2.37. The molecule has 2 aliphatic rings. The fourth-order valence-corrected chi connectivity index (χ4v) is 5.77. The number of rotatable bonds is 4. The van der Waals surface area contributed by atoms with Crippen LogP contribution in [-0.2, 0) is 0 Å². The predicted octanol–water partition coefficient (Wildman–Crippen LogP) is 8.03. The first-order valence-corrected chi connectivity index (χ1v) is 11.8. The number of nitrogens with zero attached hydrogens (tertiary/aromatic N) is 1. The van der Waals surface area contributed by atoms with Crippen LogP contribution in [0.2, 0.25) is 0 Å². The fourth-order valence-electron chi connectivity index (χ4n) is 5.40. The van der Waals surface area contributed by atoms with Gasteiger partial charge in [0.2, 0.25) is 0 Å². The number of thiocyanates is 1. The van der Waals surface area contributed by atoms with Crippen LogP contribution in [0, 0.1) is 28.4 Å². The Morgan fingerprint density at radius 3 is 1.75 bits per heavy atom. The van der Waals surface area contributed by atoms with Crippen LogP contribution in [0.3, 0.4) is 0 Å². The van der Waals surface area contributed by atoms with Crippen molar-refractivity contribution in [2.24, 2.45) is 17.8 Å². The first-order valence-electron chi connectivity index (χ1n) is 11.0. The Bertz CT molecular complexity index is 786. The zero-order valence-corrected chi connectivity index (χ0v) is 17.8. The molecule has 0 bridgehead atoms. The van der Waals surface area contributed by atoms with Gasteiger partial charge in [-0.2, -0.15) is 5.26 Å². The Labute approximate surface area is 174 Å². The second-order valence-corrected chi connectivity index (χ2v) is 9.83. The quantitative estimate of drug-likeness (QED) is 0.390. The van der Waals surface area contributed by atoms with Gasteiger partial charge in [-0.25, -0.2) is 0 Å². The number of hydrogen-bond donors (Lipinski definition) is 0. The van der Waals surface area contributed by atoms with Gasteiger partial charge >= 0.3 is 0 Å². The zero-order valence-electron chi connectivity index (χ0n) is 16.9. The van der Waals surface area contributed by atoms with Gasteiger partial charge in [0.15, 0.2) is 0 Å². The summed E-state index contributed by atoms with van der Waals surface area (Å²) < 4.78 is 0. The maximum atomic E-state index is 8.77. The monoisotopic (exact) mass is 389 g/mol. The highest BCUT2D eigenvalue weighted by Gasteiger charge is 2.30. The van der Waals surface area contributed by atoms with E-state index >= 15 is 0 Å². The molecule has 0 radical (unpaired) electrons. The van der Waals surface area contributed by atoms with E-state index in [4.69, 9.17) is 5.26 Å². The van der Waals surface area contributed by atoms with Gasteiger partial charge in [-0.1, -0.05) is 56.2 Å². The Hall–Kier alpha value is -1.72. The minimum Gasteiger partial charge on any atom is -0.185 e. The molecule has 0 unspecified atom stereocenters. The van der Waals surface area contributed by atoms with E-state index < -0.39 is 0 Å². The molecule has 0 heterocycles. The largest absolute Gasteiger partial charge is 0.185 e. The zero-order chi connectivity index (χ0) is 19.3. The molecule has 0 aromatic heterocycles. The molecule has 1 nitrogen and oxygen atoms in total. The molecule has 2 heteroatoms. The van der Waals surface area contributed by atoms with E-state index in [-0.39, 0.29) is 0 Å². The first kappa shape index (κ1) is 19.6. The van der Waals surface area contributed by atoms with E-state index in [1.807, 2.05) is 12.1 Å². The summed E-state index contributed by atoms with van der Waals surface area (Å²) in [5.74, 6) is 3.73. The average Bonchev–Trinajstić information content (AvgIpc) is 2.75. The van der Waals surface area contributed by atoms with Crippen LogP contribution >= 0.6 is 11.8 Å².